The first kappa shape index (κ1) is 15.8. The van der Waals surface area contributed by atoms with E-state index in [0.29, 0.717) is 30.4 Å². The van der Waals surface area contributed by atoms with Crippen LogP contribution >= 0.6 is 0 Å². The standard InChI is InChI=1S/C15H23N5O3/c1-3-4-8-23-14-18-12(16)11-13(19-14)20(15(17-11)21-2)10-7-5-6-9-22-10/h10H,3-9H2,1-2H3,(H2,16,18,19)/t10-/m0/s1. The zero-order valence-corrected chi connectivity index (χ0v) is 13.6. The van der Waals surface area contributed by atoms with E-state index in [1.54, 1.807) is 7.11 Å². The Kier molecular flexibility index (Phi) is 4.80. The molecule has 1 fully saturated rings. The van der Waals surface area contributed by atoms with Crippen molar-refractivity contribution in [3.05, 3.63) is 0 Å². The number of aromatic nitrogens is 4. The number of ether oxygens (including phenoxy) is 3. The van der Waals surface area contributed by atoms with E-state index in [2.05, 4.69) is 21.9 Å². The van der Waals surface area contributed by atoms with Crippen molar-refractivity contribution in [1.82, 2.24) is 19.5 Å². The fourth-order valence-corrected chi connectivity index (χ4v) is 2.66. The second-order valence-corrected chi connectivity index (χ2v) is 5.56. The van der Waals surface area contributed by atoms with Gasteiger partial charge < -0.3 is 19.9 Å². The van der Waals surface area contributed by atoms with Crippen LogP contribution in [0.1, 0.15) is 45.3 Å². The first-order chi connectivity index (χ1) is 11.2. The van der Waals surface area contributed by atoms with E-state index in [9.17, 15) is 0 Å². The second kappa shape index (κ2) is 6.99. The van der Waals surface area contributed by atoms with Gasteiger partial charge in [-0.15, -0.1) is 0 Å². The fraction of sp³-hybridized carbons (Fsp3) is 0.667. The van der Waals surface area contributed by atoms with E-state index in [1.807, 2.05) is 4.57 Å². The molecule has 0 unspecified atom stereocenters. The van der Waals surface area contributed by atoms with Crippen molar-refractivity contribution < 1.29 is 14.2 Å². The maximum atomic E-state index is 6.02. The molecule has 1 saturated heterocycles. The van der Waals surface area contributed by atoms with Crippen molar-refractivity contribution in [2.45, 2.75) is 45.3 Å². The van der Waals surface area contributed by atoms with Crippen LogP contribution in [0.25, 0.3) is 11.2 Å². The van der Waals surface area contributed by atoms with Crippen molar-refractivity contribution in [3.63, 3.8) is 0 Å². The maximum Gasteiger partial charge on any atom is 0.320 e. The van der Waals surface area contributed by atoms with Gasteiger partial charge in [-0.05, 0) is 25.7 Å². The Balaban J connectivity index is 2.01. The summed E-state index contributed by atoms with van der Waals surface area (Å²) >= 11 is 0. The van der Waals surface area contributed by atoms with Crippen LogP contribution in [0.5, 0.6) is 12.0 Å². The Labute approximate surface area is 135 Å². The van der Waals surface area contributed by atoms with Gasteiger partial charge in [-0.3, -0.25) is 4.57 Å². The van der Waals surface area contributed by atoms with Gasteiger partial charge in [-0.2, -0.15) is 15.0 Å². The highest BCUT2D eigenvalue weighted by atomic mass is 16.5. The van der Waals surface area contributed by atoms with Gasteiger partial charge in [-0.25, -0.2) is 0 Å². The Hall–Kier alpha value is -2.09. The van der Waals surface area contributed by atoms with E-state index in [4.69, 9.17) is 19.9 Å². The lowest BCUT2D eigenvalue weighted by atomic mass is 10.2. The summed E-state index contributed by atoms with van der Waals surface area (Å²) in [5, 5.41) is 0. The fourth-order valence-electron chi connectivity index (χ4n) is 2.66. The molecule has 2 aromatic heterocycles. The van der Waals surface area contributed by atoms with Gasteiger partial charge in [-0.1, -0.05) is 13.3 Å². The Morgan fingerprint density at radius 3 is 2.87 bits per heavy atom. The van der Waals surface area contributed by atoms with Crippen molar-refractivity contribution in [2.75, 3.05) is 26.1 Å². The molecule has 1 atom stereocenters. The summed E-state index contributed by atoms with van der Waals surface area (Å²) in [6.45, 7) is 3.38. The van der Waals surface area contributed by atoms with Crippen molar-refractivity contribution in [2.24, 2.45) is 0 Å². The number of unbranched alkanes of at least 4 members (excludes halogenated alkanes) is 1. The molecule has 126 valence electrons. The van der Waals surface area contributed by atoms with Crippen molar-refractivity contribution in [3.8, 4) is 12.0 Å². The average Bonchev–Trinajstić information content (AvgIpc) is 2.95. The molecule has 0 aromatic carbocycles. The van der Waals surface area contributed by atoms with E-state index >= 15 is 0 Å². The van der Waals surface area contributed by atoms with Gasteiger partial charge in [0, 0.05) is 6.61 Å². The SMILES string of the molecule is CCCCOc1nc(N)c2nc(OC)n([C@@H]3CCCCO3)c2n1. The zero-order chi connectivity index (χ0) is 16.2. The normalized spacial score (nSPS) is 18.3. The number of imidazole rings is 1. The molecule has 0 aliphatic carbocycles. The molecule has 2 N–H and O–H groups in total. The summed E-state index contributed by atoms with van der Waals surface area (Å²) in [5.41, 5.74) is 7.13. The topological polar surface area (TPSA) is 97.3 Å². The Morgan fingerprint density at radius 2 is 2.17 bits per heavy atom. The molecule has 3 rings (SSSR count). The number of hydrogen-bond donors (Lipinski definition) is 1. The molecule has 0 bridgehead atoms. The lowest BCUT2D eigenvalue weighted by Gasteiger charge is -2.24. The number of anilines is 1. The van der Waals surface area contributed by atoms with E-state index < -0.39 is 0 Å². The predicted molar refractivity (Wildman–Crippen MR) is 85.5 cm³/mol. The first-order valence-electron chi connectivity index (χ1n) is 8.08. The molecular formula is C15H23N5O3. The summed E-state index contributed by atoms with van der Waals surface area (Å²) in [5.74, 6) is 0.286. The summed E-state index contributed by atoms with van der Waals surface area (Å²) in [7, 11) is 1.57. The molecule has 23 heavy (non-hydrogen) atoms. The molecular weight excluding hydrogens is 298 g/mol. The van der Waals surface area contributed by atoms with E-state index in [0.717, 1.165) is 32.1 Å². The molecule has 1 aliphatic rings. The summed E-state index contributed by atoms with van der Waals surface area (Å²) in [6.07, 6.45) is 4.87. The van der Waals surface area contributed by atoms with Gasteiger partial charge >= 0.3 is 12.0 Å². The lowest BCUT2D eigenvalue weighted by Crippen LogP contribution is -2.19. The van der Waals surface area contributed by atoms with E-state index in [-0.39, 0.29) is 18.1 Å². The van der Waals surface area contributed by atoms with Gasteiger partial charge in [0.1, 0.15) is 6.23 Å². The molecule has 0 radical (unpaired) electrons. The molecule has 8 nitrogen and oxygen atoms in total. The highest BCUT2D eigenvalue weighted by molar-refractivity contribution is 5.83. The smallest absolute Gasteiger partial charge is 0.320 e. The lowest BCUT2D eigenvalue weighted by molar-refractivity contribution is -0.0334. The Morgan fingerprint density at radius 1 is 1.30 bits per heavy atom. The first-order valence-corrected chi connectivity index (χ1v) is 8.08. The predicted octanol–water partition coefficient (Wildman–Crippen LogP) is 2.30. The molecule has 0 saturated carbocycles. The van der Waals surface area contributed by atoms with Gasteiger partial charge in [0.25, 0.3) is 0 Å². The summed E-state index contributed by atoms with van der Waals surface area (Å²) < 4.78 is 18.7. The third-order valence-electron chi connectivity index (χ3n) is 3.87. The van der Waals surface area contributed by atoms with Crippen LogP contribution in [0.4, 0.5) is 5.82 Å². The molecule has 2 aromatic rings. The Bertz CT molecular complexity index is 667. The monoisotopic (exact) mass is 321 g/mol. The minimum absolute atomic E-state index is 0.151. The van der Waals surface area contributed by atoms with Crippen LogP contribution < -0.4 is 15.2 Å². The molecule has 0 amide bonds. The third-order valence-corrected chi connectivity index (χ3v) is 3.87. The molecule has 0 spiro atoms. The minimum Gasteiger partial charge on any atom is -0.468 e. The molecule has 1 aliphatic heterocycles. The second-order valence-electron chi connectivity index (χ2n) is 5.56. The molecule has 3 heterocycles. The highest BCUT2D eigenvalue weighted by Gasteiger charge is 2.25. The average molecular weight is 321 g/mol. The van der Waals surface area contributed by atoms with Crippen LogP contribution in [-0.2, 0) is 4.74 Å². The molecule has 8 heteroatoms. The summed E-state index contributed by atoms with van der Waals surface area (Å²) in [4.78, 5) is 13.1. The number of fused-ring (bicyclic) bond motifs is 1. The largest absolute Gasteiger partial charge is 0.468 e. The quantitative estimate of drug-likeness (QED) is 0.815. The van der Waals surface area contributed by atoms with Crippen LogP contribution in [0, 0.1) is 0 Å². The number of nitrogens with zero attached hydrogens (tertiary/aromatic N) is 4. The highest BCUT2D eigenvalue weighted by Crippen LogP contribution is 2.33. The van der Waals surface area contributed by atoms with Gasteiger partial charge in [0.2, 0.25) is 0 Å². The number of hydrogen-bond acceptors (Lipinski definition) is 7. The van der Waals surface area contributed by atoms with Crippen LogP contribution in [0.15, 0.2) is 0 Å². The van der Waals surface area contributed by atoms with E-state index in [1.165, 1.54) is 0 Å². The number of nitrogen functional groups attached to an aromatic ring is 1. The number of nitrogens with two attached hydrogens (primary N) is 1. The third kappa shape index (κ3) is 3.17. The number of rotatable bonds is 6. The van der Waals surface area contributed by atoms with Crippen molar-refractivity contribution in [1.29, 1.82) is 0 Å². The van der Waals surface area contributed by atoms with Crippen LogP contribution in [0.2, 0.25) is 0 Å². The van der Waals surface area contributed by atoms with Crippen LogP contribution in [0.3, 0.4) is 0 Å². The van der Waals surface area contributed by atoms with Crippen molar-refractivity contribution >= 4 is 17.0 Å². The maximum absolute atomic E-state index is 6.02. The number of methoxy groups -OCH3 is 1. The van der Waals surface area contributed by atoms with Crippen LogP contribution in [-0.4, -0.2) is 39.8 Å². The van der Waals surface area contributed by atoms with Gasteiger partial charge in [0.05, 0.1) is 13.7 Å². The van der Waals surface area contributed by atoms with Gasteiger partial charge in [0.15, 0.2) is 17.0 Å². The summed E-state index contributed by atoms with van der Waals surface area (Å²) in [6, 6.07) is 0.696. The zero-order valence-electron chi connectivity index (χ0n) is 13.6. The minimum atomic E-state index is -0.151.